The van der Waals surface area contributed by atoms with Crippen molar-refractivity contribution in [2.45, 2.75) is 26.3 Å². The van der Waals surface area contributed by atoms with E-state index in [0.29, 0.717) is 24.2 Å². The molecule has 2 amide bonds. The Morgan fingerprint density at radius 3 is 2.43 bits per heavy atom. The molecule has 6 heteroatoms. The number of likely N-dealkylation sites (tertiary alicyclic amines) is 1. The molecule has 182 valence electrons. The molecular weight excluding hydrogens is 438 g/mol. The van der Waals surface area contributed by atoms with Crippen molar-refractivity contribution < 1.29 is 14.3 Å². The highest BCUT2D eigenvalue weighted by Gasteiger charge is 2.20. The number of nitrogens with one attached hydrogen (secondary N) is 1. The average molecular weight is 472 g/mol. The molecule has 0 unspecified atom stereocenters. The maximum Gasteiger partial charge on any atom is 0.258 e. The summed E-state index contributed by atoms with van der Waals surface area (Å²) in [5, 5.41) is 2.96. The van der Waals surface area contributed by atoms with Gasteiger partial charge in [0, 0.05) is 36.4 Å². The van der Waals surface area contributed by atoms with Crippen LogP contribution in [0.1, 0.15) is 44.7 Å². The molecule has 3 aromatic rings. The van der Waals surface area contributed by atoms with Crippen LogP contribution in [-0.4, -0.2) is 50.0 Å². The van der Waals surface area contributed by atoms with E-state index in [-0.39, 0.29) is 11.8 Å². The Balaban J connectivity index is 1.45. The van der Waals surface area contributed by atoms with Gasteiger partial charge in [-0.1, -0.05) is 30.3 Å². The van der Waals surface area contributed by atoms with Gasteiger partial charge < -0.3 is 19.9 Å². The Morgan fingerprint density at radius 1 is 0.943 bits per heavy atom. The number of carbonyl (C=O) groups is 2. The fourth-order valence-corrected chi connectivity index (χ4v) is 4.48. The summed E-state index contributed by atoms with van der Waals surface area (Å²) in [5.41, 5.74) is 3.87. The first kappa shape index (κ1) is 24.5. The molecule has 0 spiro atoms. The van der Waals surface area contributed by atoms with Crippen molar-refractivity contribution in [3.63, 3.8) is 0 Å². The third-order valence-electron chi connectivity index (χ3n) is 6.44. The summed E-state index contributed by atoms with van der Waals surface area (Å²) in [7, 11) is 1.61. The Bertz CT molecular complexity index is 1160. The molecule has 1 aliphatic heterocycles. The van der Waals surface area contributed by atoms with Crippen molar-refractivity contribution in [1.29, 1.82) is 0 Å². The molecule has 1 heterocycles. The number of benzene rings is 3. The van der Waals surface area contributed by atoms with E-state index in [9.17, 15) is 9.59 Å². The fourth-order valence-electron chi connectivity index (χ4n) is 4.48. The third kappa shape index (κ3) is 6.28. The highest BCUT2D eigenvalue weighted by atomic mass is 16.5. The second kappa shape index (κ2) is 11.7. The van der Waals surface area contributed by atoms with Crippen molar-refractivity contribution in [2.75, 3.05) is 38.2 Å². The van der Waals surface area contributed by atoms with Crippen molar-refractivity contribution in [3.8, 4) is 5.75 Å². The number of carbonyl (C=O) groups excluding carboxylic acids is 2. The standard InChI is InChI=1S/C29H33N3O3/c1-22-19-24(13-14-27(22)35-2)28(33)30-21-23-9-8-10-25(20-23)29(34)32(26-11-4-3-5-12-26)18-17-31-15-6-7-16-31/h3-5,8-14,19-20H,6-7,15-18,21H2,1-2H3,(H,30,33). The second-order valence-corrected chi connectivity index (χ2v) is 8.91. The Kier molecular flexibility index (Phi) is 8.16. The number of rotatable bonds is 9. The lowest BCUT2D eigenvalue weighted by Crippen LogP contribution is -2.38. The number of methoxy groups -OCH3 is 1. The summed E-state index contributed by atoms with van der Waals surface area (Å²) < 4.78 is 5.27. The smallest absolute Gasteiger partial charge is 0.258 e. The number of hydrogen-bond donors (Lipinski definition) is 1. The minimum atomic E-state index is -0.163. The van der Waals surface area contributed by atoms with Crippen molar-refractivity contribution in [1.82, 2.24) is 10.2 Å². The number of hydrogen-bond acceptors (Lipinski definition) is 4. The number of anilines is 1. The van der Waals surface area contributed by atoms with Gasteiger partial charge in [0.1, 0.15) is 5.75 Å². The predicted octanol–water partition coefficient (Wildman–Crippen LogP) is 4.68. The van der Waals surface area contributed by atoms with Crippen LogP contribution in [0.25, 0.3) is 0 Å². The minimum Gasteiger partial charge on any atom is -0.496 e. The average Bonchev–Trinajstić information content (AvgIpc) is 3.42. The maximum absolute atomic E-state index is 13.6. The molecule has 0 bridgehead atoms. The maximum atomic E-state index is 13.6. The van der Waals surface area contributed by atoms with Crippen molar-refractivity contribution in [3.05, 3.63) is 95.1 Å². The van der Waals surface area contributed by atoms with Gasteiger partial charge in [-0.3, -0.25) is 9.59 Å². The lowest BCUT2D eigenvalue weighted by atomic mass is 10.1. The monoisotopic (exact) mass is 471 g/mol. The quantitative estimate of drug-likeness (QED) is 0.492. The summed E-state index contributed by atoms with van der Waals surface area (Å²) in [6, 6.07) is 22.7. The molecule has 0 aromatic heterocycles. The molecule has 0 saturated carbocycles. The molecule has 3 aromatic carbocycles. The summed E-state index contributed by atoms with van der Waals surface area (Å²) in [6.45, 7) is 5.94. The molecule has 1 N–H and O–H groups in total. The van der Waals surface area contributed by atoms with Gasteiger partial charge in [0.25, 0.3) is 11.8 Å². The topological polar surface area (TPSA) is 61.9 Å². The fraction of sp³-hybridized carbons (Fsp3) is 0.310. The van der Waals surface area contributed by atoms with Crippen LogP contribution in [0.4, 0.5) is 5.69 Å². The van der Waals surface area contributed by atoms with Gasteiger partial charge in [0.15, 0.2) is 0 Å². The van der Waals surface area contributed by atoms with Crippen LogP contribution >= 0.6 is 0 Å². The summed E-state index contributed by atoms with van der Waals surface area (Å²) >= 11 is 0. The van der Waals surface area contributed by atoms with E-state index in [1.165, 1.54) is 12.8 Å². The number of aryl methyl sites for hydroxylation is 1. The van der Waals surface area contributed by atoms with Crippen LogP contribution in [0.5, 0.6) is 5.75 Å². The van der Waals surface area contributed by atoms with E-state index < -0.39 is 0 Å². The number of para-hydroxylation sites is 1. The first-order valence-electron chi connectivity index (χ1n) is 12.2. The third-order valence-corrected chi connectivity index (χ3v) is 6.44. The van der Waals surface area contributed by atoms with Crippen LogP contribution < -0.4 is 15.0 Å². The predicted molar refractivity (Wildman–Crippen MR) is 139 cm³/mol. The minimum absolute atomic E-state index is 0.0330. The zero-order valence-corrected chi connectivity index (χ0v) is 20.5. The lowest BCUT2D eigenvalue weighted by Gasteiger charge is -2.26. The van der Waals surface area contributed by atoms with Gasteiger partial charge in [-0.05, 0) is 86.4 Å². The van der Waals surface area contributed by atoms with Crippen LogP contribution in [-0.2, 0) is 6.54 Å². The number of nitrogens with zero attached hydrogens (tertiary/aromatic N) is 2. The van der Waals surface area contributed by atoms with E-state index in [1.807, 2.05) is 72.5 Å². The highest BCUT2D eigenvalue weighted by Crippen LogP contribution is 2.20. The van der Waals surface area contributed by atoms with E-state index in [0.717, 1.165) is 42.2 Å². The van der Waals surface area contributed by atoms with Crippen molar-refractivity contribution >= 4 is 17.5 Å². The molecule has 4 rings (SSSR count). The summed E-state index contributed by atoms with van der Waals surface area (Å²) in [6.07, 6.45) is 2.45. The molecule has 0 aliphatic carbocycles. The highest BCUT2D eigenvalue weighted by molar-refractivity contribution is 6.06. The molecule has 35 heavy (non-hydrogen) atoms. The molecule has 1 saturated heterocycles. The van der Waals surface area contributed by atoms with E-state index >= 15 is 0 Å². The molecule has 1 fully saturated rings. The van der Waals surface area contributed by atoms with Gasteiger partial charge in [-0.15, -0.1) is 0 Å². The molecule has 1 aliphatic rings. The zero-order chi connectivity index (χ0) is 24.6. The van der Waals surface area contributed by atoms with Gasteiger partial charge >= 0.3 is 0 Å². The normalized spacial score (nSPS) is 13.4. The Morgan fingerprint density at radius 2 is 1.71 bits per heavy atom. The Hall–Kier alpha value is -3.64. The Labute approximate surface area is 207 Å². The van der Waals surface area contributed by atoms with Crippen LogP contribution in [0, 0.1) is 6.92 Å². The number of amides is 2. The van der Waals surface area contributed by atoms with Crippen molar-refractivity contribution in [2.24, 2.45) is 0 Å². The van der Waals surface area contributed by atoms with Crippen LogP contribution in [0.2, 0.25) is 0 Å². The van der Waals surface area contributed by atoms with E-state index in [2.05, 4.69) is 10.2 Å². The summed E-state index contributed by atoms with van der Waals surface area (Å²) in [5.74, 6) is 0.554. The zero-order valence-electron chi connectivity index (χ0n) is 20.5. The van der Waals surface area contributed by atoms with Gasteiger partial charge in [0.05, 0.1) is 7.11 Å². The first-order valence-corrected chi connectivity index (χ1v) is 12.2. The lowest BCUT2D eigenvalue weighted by molar-refractivity contribution is 0.0950. The molecular formula is C29H33N3O3. The van der Waals surface area contributed by atoms with Gasteiger partial charge in [-0.2, -0.15) is 0 Å². The SMILES string of the molecule is COc1ccc(C(=O)NCc2cccc(C(=O)N(CCN3CCCC3)c3ccccc3)c2)cc1C. The molecule has 0 atom stereocenters. The molecule has 0 radical (unpaired) electrons. The second-order valence-electron chi connectivity index (χ2n) is 8.91. The summed E-state index contributed by atoms with van der Waals surface area (Å²) in [4.78, 5) is 30.5. The van der Waals surface area contributed by atoms with Gasteiger partial charge in [-0.25, -0.2) is 0 Å². The van der Waals surface area contributed by atoms with Crippen LogP contribution in [0.3, 0.4) is 0 Å². The largest absolute Gasteiger partial charge is 0.496 e. The van der Waals surface area contributed by atoms with Crippen LogP contribution in [0.15, 0.2) is 72.8 Å². The first-order chi connectivity index (χ1) is 17.0. The van der Waals surface area contributed by atoms with Gasteiger partial charge in [0.2, 0.25) is 0 Å². The van der Waals surface area contributed by atoms with E-state index in [4.69, 9.17) is 4.74 Å². The molecule has 6 nitrogen and oxygen atoms in total. The number of ether oxygens (including phenoxy) is 1. The van der Waals surface area contributed by atoms with E-state index in [1.54, 1.807) is 19.2 Å².